The molecule has 0 amide bonds. The van der Waals surface area contributed by atoms with Crippen LogP contribution in [-0.4, -0.2) is 37.3 Å². The molecule has 2 bridgehead atoms. The average Bonchev–Trinajstić information content (AvgIpc) is 2.78. The molecule has 0 N–H and O–H groups in total. The Bertz CT molecular complexity index is 531. The summed E-state index contributed by atoms with van der Waals surface area (Å²) in [5.74, 6) is -0.465. The zero-order chi connectivity index (χ0) is 16.4. The second-order valence-electron chi connectivity index (χ2n) is 6.60. The Morgan fingerprint density at radius 1 is 1.26 bits per heavy atom. The van der Waals surface area contributed by atoms with E-state index in [1.54, 1.807) is 7.11 Å². The molecule has 1 aromatic rings. The summed E-state index contributed by atoms with van der Waals surface area (Å²) in [6.07, 6.45) is 2.21. The van der Waals surface area contributed by atoms with E-state index in [1.807, 2.05) is 38.1 Å². The zero-order valence-corrected chi connectivity index (χ0v) is 14.1. The van der Waals surface area contributed by atoms with Crippen LogP contribution in [0.15, 0.2) is 43.0 Å². The summed E-state index contributed by atoms with van der Waals surface area (Å²) in [4.78, 5) is 0. The Balaban J connectivity index is 1.82. The maximum atomic E-state index is 6.25. The van der Waals surface area contributed by atoms with Gasteiger partial charge in [-0.3, -0.25) is 0 Å². The van der Waals surface area contributed by atoms with Gasteiger partial charge in [0.2, 0.25) is 0 Å². The van der Waals surface area contributed by atoms with Crippen molar-refractivity contribution in [3.63, 3.8) is 0 Å². The first-order valence-corrected chi connectivity index (χ1v) is 8.23. The topological polar surface area (TPSA) is 36.9 Å². The van der Waals surface area contributed by atoms with E-state index >= 15 is 0 Å². The standard InChI is InChI=1S/C19H26O4/c1-5-15-11-19(3)22-13(2)16(23-19)18(17(15)20-4)21-12-14-9-7-6-8-10-14/h5-10,13,15-18H,1,11-12H2,2-4H3/t13-,15-,16-,17-,18-,19-/m1/s1. The van der Waals surface area contributed by atoms with Gasteiger partial charge < -0.3 is 18.9 Å². The zero-order valence-electron chi connectivity index (χ0n) is 14.1. The highest BCUT2D eigenvalue weighted by molar-refractivity contribution is 5.13. The lowest BCUT2D eigenvalue weighted by atomic mass is 9.88. The van der Waals surface area contributed by atoms with Gasteiger partial charge in [-0.2, -0.15) is 0 Å². The molecule has 6 atom stereocenters. The van der Waals surface area contributed by atoms with Crippen molar-refractivity contribution in [2.24, 2.45) is 5.92 Å². The minimum absolute atomic E-state index is 0.0239. The summed E-state index contributed by atoms with van der Waals surface area (Å²) in [7, 11) is 1.73. The molecule has 0 unspecified atom stereocenters. The second kappa shape index (κ2) is 6.73. The van der Waals surface area contributed by atoms with Crippen LogP contribution in [-0.2, 0) is 25.6 Å². The van der Waals surface area contributed by atoms with E-state index in [2.05, 4.69) is 18.7 Å². The van der Waals surface area contributed by atoms with Crippen LogP contribution < -0.4 is 0 Å². The third-order valence-corrected chi connectivity index (χ3v) is 4.82. The first-order chi connectivity index (χ1) is 11.1. The predicted octanol–water partition coefficient (Wildman–Crippen LogP) is 3.31. The molecule has 0 aliphatic carbocycles. The molecule has 0 spiro atoms. The fraction of sp³-hybridized carbons (Fsp3) is 0.579. The Labute approximate surface area is 138 Å². The van der Waals surface area contributed by atoms with Gasteiger partial charge in [0.15, 0.2) is 5.79 Å². The Morgan fingerprint density at radius 3 is 2.65 bits per heavy atom. The van der Waals surface area contributed by atoms with E-state index < -0.39 is 5.79 Å². The molecular weight excluding hydrogens is 292 g/mol. The molecule has 126 valence electrons. The van der Waals surface area contributed by atoms with Gasteiger partial charge in [-0.25, -0.2) is 0 Å². The molecule has 4 heteroatoms. The van der Waals surface area contributed by atoms with Crippen molar-refractivity contribution < 1.29 is 18.9 Å². The number of ether oxygens (including phenoxy) is 4. The van der Waals surface area contributed by atoms with Crippen molar-refractivity contribution in [1.82, 2.24) is 0 Å². The lowest BCUT2D eigenvalue weighted by Crippen LogP contribution is -2.47. The van der Waals surface area contributed by atoms with Gasteiger partial charge in [0.05, 0.1) is 18.8 Å². The molecule has 23 heavy (non-hydrogen) atoms. The number of rotatable bonds is 5. The first kappa shape index (κ1) is 16.7. The maximum Gasteiger partial charge on any atom is 0.167 e. The summed E-state index contributed by atoms with van der Waals surface area (Å²) in [6.45, 7) is 8.52. The van der Waals surface area contributed by atoms with Gasteiger partial charge in [0.1, 0.15) is 12.2 Å². The summed E-state index contributed by atoms with van der Waals surface area (Å²) in [6, 6.07) is 10.1. The third kappa shape index (κ3) is 3.36. The van der Waals surface area contributed by atoms with Crippen LogP contribution >= 0.6 is 0 Å². The maximum absolute atomic E-state index is 6.25. The van der Waals surface area contributed by atoms with Crippen molar-refractivity contribution in [3.8, 4) is 0 Å². The molecule has 0 saturated carbocycles. The molecule has 0 aromatic heterocycles. The van der Waals surface area contributed by atoms with Crippen LogP contribution in [0.5, 0.6) is 0 Å². The molecule has 2 fully saturated rings. The van der Waals surface area contributed by atoms with Crippen LogP contribution in [0.3, 0.4) is 0 Å². The van der Waals surface area contributed by atoms with Crippen molar-refractivity contribution in [2.75, 3.05) is 7.11 Å². The Morgan fingerprint density at radius 2 is 2.00 bits per heavy atom. The molecule has 2 aliphatic rings. The number of benzene rings is 1. The van der Waals surface area contributed by atoms with Crippen LogP contribution in [0.1, 0.15) is 25.8 Å². The van der Waals surface area contributed by atoms with Crippen molar-refractivity contribution in [1.29, 1.82) is 0 Å². The summed E-state index contributed by atoms with van der Waals surface area (Å²) in [5, 5.41) is 0. The van der Waals surface area contributed by atoms with Crippen molar-refractivity contribution in [2.45, 2.75) is 57.1 Å². The summed E-state index contributed by atoms with van der Waals surface area (Å²) in [5.41, 5.74) is 1.14. The molecule has 1 aromatic carbocycles. The molecule has 3 rings (SSSR count). The lowest BCUT2D eigenvalue weighted by Gasteiger charge is -2.34. The minimum Gasteiger partial charge on any atom is -0.378 e. The number of hydrogen-bond donors (Lipinski definition) is 0. The third-order valence-electron chi connectivity index (χ3n) is 4.82. The SMILES string of the molecule is C=C[C@@H]1C[C@@]2(C)O[C@@H]([C@@H](OCc3ccccc3)[C@@H]1OC)[C@@H](C)O2. The van der Waals surface area contributed by atoms with E-state index in [0.717, 1.165) is 12.0 Å². The Hall–Kier alpha value is -1.20. The van der Waals surface area contributed by atoms with E-state index in [1.165, 1.54) is 0 Å². The van der Waals surface area contributed by atoms with Crippen LogP contribution in [0.2, 0.25) is 0 Å². The van der Waals surface area contributed by atoms with Crippen LogP contribution in [0.4, 0.5) is 0 Å². The van der Waals surface area contributed by atoms with Crippen molar-refractivity contribution >= 4 is 0 Å². The largest absolute Gasteiger partial charge is 0.378 e. The van der Waals surface area contributed by atoms with E-state index in [0.29, 0.717) is 6.61 Å². The number of fused-ring (bicyclic) bond motifs is 2. The quantitative estimate of drug-likeness (QED) is 0.781. The van der Waals surface area contributed by atoms with Gasteiger partial charge >= 0.3 is 0 Å². The molecule has 2 saturated heterocycles. The van der Waals surface area contributed by atoms with Crippen molar-refractivity contribution in [3.05, 3.63) is 48.6 Å². The highest BCUT2D eigenvalue weighted by Gasteiger charge is 2.54. The monoisotopic (exact) mass is 318 g/mol. The van der Waals surface area contributed by atoms with Gasteiger partial charge in [0.25, 0.3) is 0 Å². The molecule has 4 nitrogen and oxygen atoms in total. The van der Waals surface area contributed by atoms with Gasteiger partial charge in [0, 0.05) is 19.4 Å². The number of methoxy groups -OCH3 is 1. The van der Waals surface area contributed by atoms with E-state index in [4.69, 9.17) is 18.9 Å². The predicted molar refractivity (Wildman–Crippen MR) is 87.9 cm³/mol. The van der Waals surface area contributed by atoms with E-state index in [9.17, 15) is 0 Å². The second-order valence-corrected chi connectivity index (χ2v) is 6.60. The lowest BCUT2D eigenvalue weighted by molar-refractivity contribution is -0.169. The molecular formula is C19H26O4. The highest BCUT2D eigenvalue weighted by atomic mass is 16.8. The first-order valence-electron chi connectivity index (χ1n) is 8.23. The Kier molecular flexibility index (Phi) is 4.87. The summed E-state index contributed by atoms with van der Waals surface area (Å²) < 4.78 is 24.3. The van der Waals surface area contributed by atoms with Gasteiger partial charge in [-0.15, -0.1) is 6.58 Å². The average molecular weight is 318 g/mol. The smallest absolute Gasteiger partial charge is 0.167 e. The van der Waals surface area contributed by atoms with E-state index in [-0.39, 0.29) is 30.3 Å². The minimum atomic E-state index is -0.593. The fourth-order valence-corrected chi connectivity index (χ4v) is 3.76. The molecule has 0 radical (unpaired) electrons. The molecule has 2 aliphatic heterocycles. The molecule has 2 heterocycles. The highest BCUT2D eigenvalue weighted by Crippen LogP contribution is 2.43. The van der Waals surface area contributed by atoms with Crippen LogP contribution in [0.25, 0.3) is 0 Å². The van der Waals surface area contributed by atoms with Crippen LogP contribution in [0, 0.1) is 5.92 Å². The number of hydrogen-bond acceptors (Lipinski definition) is 4. The van der Waals surface area contributed by atoms with Gasteiger partial charge in [-0.1, -0.05) is 36.4 Å². The fourth-order valence-electron chi connectivity index (χ4n) is 3.76. The normalized spacial score (nSPS) is 39.9. The van der Waals surface area contributed by atoms with Gasteiger partial charge in [-0.05, 0) is 19.4 Å². The summed E-state index contributed by atoms with van der Waals surface area (Å²) >= 11 is 0.